The van der Waals surface area contributed by atoms with Crippen LogP contribution in [0.15, 0.2) is 0 Å². The van der Waals surface area contributed by atoms with Crippen LogP contribution in [0.1, 0.15) is 40.5 Å². The summed E-state index contributed by atoms with van der Waals surface area (Å²) in [6.07, 6.45) is 2.37. The number of likely N-dealkylation sites (N-methyl/N-ethyl adjacent to an activating group) is 1. The monoisotopic (exact) mass is 255 g/mol. The summed E-state index contributed by atoms with van der Waals surface area (Å²) < 4.78 is 0. The molecule has 1 fully saturated rings. The second-order valence-corrected chi connectivity index (χ2v) is 6.31. The van der Waals surface area contributed by atoms with Gasteiger partial charge in [-0.1, -0.05) is 20.8 Å². The zero-order chi connectivity index (χ0) is 13.6. The van der Waals surface area contributed by atoms with E-state index in [1.54, 1.807) is 0 Å². The minimum Gasteiger partial charge on any atom is -0.355 e. The maximum absolute atomic E-state index is 12.0. The van der Waals surface area contributed by atoms with Crippen molar-refractivity contribution >= 4 is 5.91 Å². The Balaban J connectivity index is 2.42. The number of amides is 1. The second-order valence-electron chi connectivity index (χ2n) is 6.31. The van der Waals surface area contributed by atoms with E-state index in [4.69, 9.17) is 0 Å². The Morgan fingerprint density at radius 1 is 1.44 bits per heavy atom. The van der Waals surface area contributed by atoms with E-state index in [0.29, 0.717) is 12.0 Å². The molecular formula is C14H29N3O. The van der Waals surface area contributed by atoms with Crippen LogP contribution in [-0.4, -0.2) is 49.6 Å². The highest BCUT2D eigenvalue weighted by Crippen LogP contribution is 2.21. The van der Waals surface area contributed by atoms with E-state index in [0.717, 1.165) is 26.2 Å². The first kappa shape index (κ1) is 15.4. The SMILES string of the molecule is CCNC(=O)C1CNCCN1CCCC(C)(C)C. The van der Waals surface area contributed by atoms with E-state index in [2.05, 4.69) is 36.3 Å². The summed E-state index contributed by atoms with van der Waals surface area (Å²) in [5, 5.41) is 6.24. The van der Waals surface area contributed by atoms with Crippen LogP contribution in [0, 0.1) is 5.41 Å². The number of carbonyl (C=O) groups excluding carboxylic acids is 1. The summed E-state index contributed by atoms with van der Waals surface area (Å²) in [7, 11) is 0. The molecule has 0 aromatic heterocycles. The Hall–Kier alpha value is -0.610. The van der Waals surface area contributed by atoms with Crippen molar-refractivity contribution < 1.29 is 4.79 Å². The van der Waals surface area contributed by atoms with Crippen LogP contribution in [0.2, 0.25) is 0 Å². The van der Waals surface area contributed by atoms with Crippen LogP contribution in [0.3, 0.4) is 0 Å². The van der Waals surface area contributed by atoms with Crippen molar-refractivity contribution in [2.24, 2.45) is 5.41 Å². The smallest absolute Gasteiger partial charge is 0.238 e. The predicted molar refractivity (Wildman–Crippen MR) is 75.6 cm³/mol. The lowest BCUT2D eigenvalue weighted by molar-refractivity contribution is -0.127. The summed E-state index contributed by atoms with van der Waals surface area (Å²) in [6, 6.07) is 0.0127. The first-order valence-electron chi connectivity index (χ1n) is 7.16. The minimum atomic E-state index is 0.0127. The van der Waals surface area contributed by atoms with Crippen molar-refractivity contribution in [3.8, 4) is 0 Å². The van der Waals surface area contributed by atoms with E-state index < -0.39 is 0 Å². The van der Waals surface area contributed by atoms with Gasteiger partial charge in [0.05, 0.1) is 0 Å². The van der Waals surface area contributed by atoms with Gasteiger partial charge in [0, 0.05) is 26.2 Å². The molecule has 1 amide bonds. The third-order valence-corrected chi connectivity index (χ3v) is 3.38. The predicted octanol–water partition coefficient (Wildman–Crippen LogP) is 1.22. The van der Waals surface area contributed by atoms with Gasteiger partial charge >= 0.3 is 0 Å². The van der Waals surface area contributed by atoms with E-state index in [1.807, 2.05) is 6.92 Å². The molecule has 1 heterocycles. The molecule has 0 aromatic carbocycles. The quantitative estimate of drug-likeness (QED) is 0.776. The Morgan fingerprint density at radius 2 is 2.17 bits per heavy atom. The van der Waals surface area contributed by atoms with Gasteiger partial charge in [0.15, 0.2) is 0 Å². The number of hydrogen-bond donors (Lipinski definition) is 2. The molecule has 1 aliphatic heterocycles. The Labute approximate surface area is 111 Å². The molecule has 18 heavy (non-hydrogen) atoms. The molecule has 0 radical (unpaired) electrons. The summed E-state index contributed by atoms with van der Waals surface area (Å²) in [5.41, 5.74) is 0.384. The highest BCUT2D eigenvalue weighted by Gasteiger charge is 2.27. The molecule has 0 bridgehead atoms. The van der Waals surface area contributed by atoms with Gasteiger partial charge in [0.25, 0.3) is 0 Å². The number of nitrogens with one attached hydrogen (secondary N) is 2. The summed E-state index contributed by atoms with van der Waals surface area (Å²) >= 11 is 0. The van der Waals surface area contributed by atoms with Crippen LogP contribution in [0.5, 0.6) is 0 Å². The fraction of sp³-hybridized carbons (Fsp3) is 0.929. The maximum atomic E-state index is 12.0. The molecule has 1 atom stereocenters. The Morgan fingerprint density at radius 3 is 2.78 bits per heavy atom. The van der Waals surface area contributed by atoms with Crippen molar-refractivity contribution in [1.29, 1.82) is 0 Å². The number of nitrogens with zero attached hydrogens (tertiary/aromatic N) is 1. The van der Waals surface area contributed by atoms with Crippen molar-refractivity contribution in [3.05, 3.63) is 0 Å². The lowest BCUT2D eigenvalue weighted by Crippen LogP contribution is -2.58. The van der Waals surface area contributed by atoms with Crippen LogP contribution >= 0.6 is 0 Å². The zero-order valence-electron chi connectivity index (χ0n) is 12.4. The van der Waals surface area contributed by atoms with Crippen molar-refractivity contribution in [2.45, 2.75) is 46.6 Å². The van der Waals surface area contributed by atoms with Crippen molar-refractivity contribution in [1.82, 2.24) is 15.5 Å². The van der Waals surface area contributed by atoms with E-state index in [1.165, 1.54) is 12.8 Å². The molecule has 0 saturated carbocycles. The average Bonchev–Trinajstić information content (AvgIpc) is 2.28. The highest BCUT2D eigenvalue weighted by atomic mass is 16.2. The van der Waals surface area contributed by atoms with Crippen LogP contribution in [0.4, 0.5) is 0 Å². The molecule has 0 spiro atoms. The van der Waals surface area contributed by atoms with Gasteiger partial charge < -0.3 is 10.6 Å². The topological polar surface area (TPSA) is 44.4 Å². The third kappa shape index (κ3) is 5.36. The molecule has 1 saturated heterocycles. The van der Waals surface area contributed by atoms with Gasteiger partial charge in [-0.25, -0.2) is 0 Å². The lowest BCUT2D eigenvalue weighted by atomic mass is 9.90. The molecule has 0 aromatic rings. The maximum Gasteiger partial charge on any atom is 0.238 e. The van der Waals surface area contributed by atoms with Gasteiger partial charge in [-0.3, -0.25) is 9.69 Å². The zero-order valence-corrected chi connectivity index (χ0v) is 12.4. The highest BCUT2D eigenvalue weighted by molar-refractivity contribution is 5.82. The summed E-state index contributed by atoms with van der Waals surface area (Å²) in [6.45, 7) is 13.3. The summed E-state index contributed by atoms with van der Waals surface area (Å²) in [5.74, 6) is 0.167. The molecule has 1 rings (SSSR count). The minimum absolute atomic E-state index is 0.0127. The largest absolute Gasteiger partial charge is 0.355 e. The van der Waals surface area contributed by atoms with Gasteiger partial charge in [-0.05, 0) is 31.7 Å². The van der Waals surface area contributed by atoms with Crippen LogP contribution in [0.25, 0.3) is 0 Å². The number of rotatable bonds is 5. The second kappa shape index (κ2) is 7.10. The third-order valence-electron chi connectivity index (χ3n) is 3.38. The fourth-order valence-corrected chi connectivity index (χ4v) is 2.38. The summed E-state index contributed by atoms with van der Waals surface area (Å²) in [4.78, 5) is 14.3. The normalized spacial score (nSPS) is 21.9. The van der Waals surface area contributed by atoms with Crippen molar-refractivity contribution in [3.63, 3.8) is 0 Å². The van der Waals surface area contributed by atoms with E-state index >= 15 is 0 Å². The molecular weight excluding hydrogens is 226 g/mol. The number of hydrogen-bond acceptors (Lipinski definition) is 3. The average molecular weight is 255 g/mol. The standard InChI is InChI=1S/C14H29N3O/c1-5-16-13(18)12-11-15-8-10-17(12)9-6-7-14(2,3)4/h12,15H,5-11H2,1-4H3,(H,16,18). The Kier molecular flexibility index (Phi) is 6.09. The molecule has 1 unspecified atom stereocenters. The lowest BCUT2D eigenvalue weighted by Gasteiger charge is -2.35. The number of carbonyl (C=O) groups is 1. The fourth-order valence-electron chi connectivity index (χ4n) is 2.38. The van der Waals surface area contributed by atoms with E-state index in [-0.39, 0.29) is 11.9 Å². The van der Waals surface area contributed by atoms with E-state index in [9.17, 15) is 4.79 Å². The molecule has 1 aliphatic rings. The van der Waals surface area contributed by atoms with Crippen molar-refractivity contribution in [2.75, 3.05) is 32.7 Å². The first-order valence-corrected chi connectivity index (χ1v) is 7.16. The molecule has 106 valence electrons. The molecule has 0 aliphatic carbocycles. The molecule has 4 nitrogen and oxygen atoms in total. The molecule has 4 heteroatoms. The Bertz CT molecular complexity index is 260. The molecule has 2 N–H and O–H groups in total. The van der Waals surface area contributed by atoms with Gasteiger partial charge in [-0.15, -0.1) is 0 Å². The van der Waals surface area contributed by atoms with Crippen LogP contribution < -0.4 is 10.6 Å². The van der Waals surface area contributed by atoms with Gasteiger partial charge in [0.2, 0.25) is 5.91 Å². The van der Waals surface area contributed by atoms with Gasteiger partial charge in [-0.2, -0.15) is 0 Å². The van der Waals surface area contributed by atoms with Crippen LogP contribution in [-0.2, 0) is 4.79 Å². The number of piperazine rings is 1. The first-order chi connectivity index (χ1) is 8.44. The van der Waals surface area contributed by atoms with Gasteiger partial charge in [0.1, 0.15) is 6.04 Å².